The number of allylic oxidation sites excluding steroid dienone is 3. The summed E-state index contributed by atoms with van der Waals surface area (Å²) in [4.78, 5) is 0. The summed E-state index contributed by atoms with van der Waals surface area (Å²) >= 11 is 0. The van der Waals surface area contributed by atoms with Crippen LogP contribution in [0, 0.1) is 34.9 Å². The van der Waals surface area contributed by atoms with Gasteiger partial charge in [0.2, 0.25) is 0 Å². The van der Waals surface area contributed by atoms with Crippen molar-refractivity contribution in [2.24, 2.45) is 0 Å². The smallest absolute Gasteiger partial charge is 0.429 e. The van der Waals surface area contributed by atoms with Gasteiger partial charge in [-0.3, -0.25) is 0 Å². The summed E-state index contributed by atoms with van der Waals surface area (Å²) in [6.45, 7) is 1.77. The van der Waals surface area contributed by atoms with Gasteiger partial charge in [0.15, 0.2) is 23.3 Å². The molecule has 0 atom stereocenters. The Morgan fingerprint density at radius 1 is 0.711 bits per heavy atom. The second kappa shape index (κ2) is 14.0. The zero-order valence-corrected chi connectivity index (χ0v) is 23.5. The molecule has 4 aromatic carbocycles. The first-order chi connectivity index (χ1) is 21.3. The number of ether oxygens (including phenoxy) is 1. The zero-order valence-electron chi connectivity index (χ0n) is 23.5. The molecule has 1 nitrogen and oxygen atoms in total. The Hall–Kier alpha value is -4.54. The van der Waals surface area contributed by atoms with Crippen molar-refractivity contribution in [1.29, 1.82) is 0 Å². The van der Waals surface area contributed by atoms with Crippen molar-refractivity contribution >= 4 is 5.83 Å². The maximum absolute atomic E-state index is 14.9. The van der Waals surface area contributed by atoms with Crippen molar-refractivity contribution in [1.82, 2.24) is 0 Å². The van der Waals surface area contributed by atoms with Crippen molar-refractivity contribution in [2.45, 2.75) is 38.7 Å². The molecule has 0 aliphatic heterocycles. The van der Waals surface area contributed by atoms with Gasteiger partial charge in [-0.25, -0.2) is 35.1 Å². The molecule has 0 saturated heterocycles. The Morgan fingerprint density at radius 2 is 1.31 bits per heavy atom. The second-order valence-corrected chi connectivity index (χ2v) is 9.96. The maximum Gasteiger partial charge on any atom is 0.432 e. The maximum atomic E-state index is 14.9. The second-order valence-electron chi connectivity index (χ2n) is 9.96. The molecule has 0 amide bonds. The van der Waals surface area contributed by atoms with Crippen LogP contribution >= 0.6 is 0 Å². The summed E-state index contributed by atoms with van der Waals surface area (Å²) in [6.07, 6.45) is -1.25. The van der Waals surface area contributed by atoms with Gasteiger partial charge >= 0.3 is 6.11 Å². The van der Waals surface area contributed by atoms with E-state index in [9.17, 15) is 43.9 Å². The van der Waals surface area contributed by atoms with Gasteiger partial charge in [0.05, 0.1) is 0 Å². The molecule has 0 bridgehead atoms. The average molecular weight is 639 g/mol. The third kappa shape index (κ3) is 7.95. The summed E-state index contributed by atoms with van der Waals surface area (Å²) in [5, 5.41) is 0. The normalized spacial score (nSPS) is 12.5. The standard InChI is InChI=1S/C34H24F10O/c1-2-3-4-5-25(35)32(41)22-11-8-20(9-12-22)23-13-10-21(26(36)16-23)7-6-19-14-27(37)31(28(38)15-19)34(43,44)45-24-17-29(39)33(42)30(40)18-24/h2-3,8-18H,4-7H2,1H3. The fraction of sp³-hybridized carbons (Fsp3) is 0.176. The Balaban J connectivity index is 1.45. The molecule has 45 heavy (non-hydrogen) atoms. The Bertz CT molecular complexity index is 1700. The molecule has 4 rings (SSSR count). The van der Waals surface area contributed by atoms with E-state index in [1.165, 1.54) is 36.4 Å². The fourth-order valence-corrected chi connectivity index (χ4v) is 4.50. The van der Waals surface area contributed by atoms with E-state index in [-0.39, 0.29) is 48.1 Å². The number of halogens is 10. The van der Waals surface area contributed by atoms with E-state index in [0.717, 1.165) is 0 Å². The van der Waals surface area contributed by atoms with Gasteiger partial charge in [-0.1, -0.05) is 48.6 Å². The first kappa shape index (κ1) is 33.4. The molecule has 0 heterocycles. The van der Waals surface area contributed by atoms with Crippen LogP contribution in [0.5, 0.6) is 5.75 Å². The summed E-state index contributed by atoms with van der Waals surface area (Å²) < 4.78 is 146. The number of hydrogen-bond acceptors (Lipinski definition) is 1. The molecule has 0 aliphatic rings. The van der Waals surface area contributed by atoms with Gasteiger partial charge in [0.1, 0.15) is 34.6 Å². The molecule has 0 unspecified atom stereocenters. The highest BCUT2D eigenvalue weighted by Gasteiger charge is 2.41. The van der Waals surface area contributed by atoms with Gasteiger partial charge in [0, 0.05) is 24.1 Å². The lowest BCUT2D eigenvalue weighted by molar-refractivity contribution is -0.189. The lowest BCUT2D eigenvalue weighted by Gasteiger charge is -2.20. The molecule has 0 spiro atoms. The molecule has 0 saturated carbocycles. The minimum Gasteiger partial charge on any atom is -0.429 e. The number of alkyl halides is 2. The highest BCUT2D eigenvalue weighted by atomic mass is 19.3. The SMILES string of the molecule is CC=CCCC(F)=C(F)c1ccc(-c2ccc(CCc3cc(F)c(C(F)(F)Oc4cc(F)c(F)c(F)c4)c(F)c3)c(F)c2)cc1. The number of hydrogen-bond donors (Lipinski definition) is 0. The molecular weight excluding hydrogens is 614 g/mol. The third-order valence-electron chi connectivity index (χ3n) is 6.81. The summed E-state index contributed by atoms with van der Waals surface area (Å²) in [6, 6.07) is 11.3. The van der Waals surface area contributed by atoms with Crippen LogP contribution < -0.4 is 4.74 Å². The van der Waals surface area contributed by atoms with Crippen LogP contribution in [0.2, 0.25) is 0 Å². The van der Waals surface area contributed by atoms with Crippen LogP contribution in [0.25, 0.3) is 17.0 Å². The highest BCUT2D eigenvalue weighted by Crippen LogP contribution is 2.36. The Kier molecular flexibility index (Phi) is 10.4. The number of rotatable bonds is 11. The van der Waals surface area contributed by atoms with E-state index in [1.807, 2.05) is 0 Å². The fourth-order valence-electron chi connectivity index (χ4n) is 4.50. The van der Waals surface area contributed by atoms with E-state index in [4.69, 9.17) is 0 Å². The number of benzene rings is 4. The first-order valence-electron chi connectivity index (χ1n) is 13.5. The molecule has 236 valence electrons. The molecular formula is C34H24F10O. The van der Waals surface area contributed by atoms with E-state index >= 15 is 0 Å². The minimum absolute atomic E-state index is 0.0295. The third-order valence-corrected chi connectivity index (χ3v) is 6.81. The average Bonchev–Trinajstić information content (AvgIpc) is 2.98. The number of aryl methyl sites for hydroxylation is 2. The highest BCUT2D eigenvalue weighted by molar-refractivity contribution is 5.68. The zero-order chi connectivity index (χ0) is 32.9. The largest absolute Gasteiger partial charge is 0.432 e. The van der Waals surface area contributed by atoms with E-state index < -0.39 is 64.0 Å². The first-order valence-corrected chi connectivity index (χ1v) is 13.5. The lowest BCUT2D eigenvalue weighted by Crippen LogP contribution is -2.25. The summed E-state index contributed by atoms with van der Waals surface area (Å²) in [5.74, 6) is -12.8. The van der Waals surface area contributed by atoms with Gasteiger partial charge in [-0.05, 0) is 66.6 Å². The van der Waals surface area contributed by atoms with E-state index in [0.29, 0.717) is 29.7 Å². The van der Waals surface area contributed by atoms with Gasteiger partial charge < -0.3 is 4.74 Å². The van der Waals surface area contributed by atoms with Gasteiger partial charge in [-0.15, -0.1) is 0 Å². The van der Waals surface area contributed by atoms with Crippen LogP contribution in [0.15, 0.2) is 84.7 Å². The Morgan fingerprint density at radius 3 is 1.89 bits per heavy atom. The molecule has 0 radical (unpaired) electrons. The van der Waals surface area contributed by atoms with Gasteiger partial charge in [-0.2, -0.15) is 8.78 Å². The summed E-state index contributed by atoms with van der Waals surface area (Å²) in [7, 11) is 0. The minimum atomic E-state index is -4.73. The van der Waals surface area contributed by atoms with Crippen LogP contribution in [0.4, 0.5) is 43.9 Å². The Labute approximate surface area is 252 Å². The molecule has 4 aromatic rings. The monoisotopic (exact) mass is 638 g/mol. The lowest BCUT2D eigenvalue weighted by atomic mass is 9.98. The van der Waals surface area contributed by atoms with Crippen LogP contribution in [0.3, 0.4) is 0 Å². The van der Waals surface area contributed by atoms with Crippen molar-refractivity contribution in [3.63, 3.8) is 0 Å². The summed E-state index contributed by atoms with van der Waals surface area (Å²) in [5.41, 5.74) is -0.834. The van der Waals surface area contributed by atoms with Crippen LogP contribution in [-0.4, -0.2) is 0 Å². The topological polar surface area (TPSA) is 9.23 Å². The molecule has 0 N–H and O–H groups in total. The van der Waals surface area contributed by atoms with Crippen molar-refractivity contribution in [3.8, 4) is 16.9 Å². The van der Waals surface area contributed by atoms with Crippen molar-refractivity contribution in [2.75, 3.05) is 0 Å². The van der Waals surface area contributed by atoms with Crippen LogP contribution in [0.1, 0.15) is 42.0 Å². The molecule has 0 fully saturated rings. The van der Waals surface area contributed by atoms with Crippen molar-refractivity contribution in [3.05, 3.63) is 142 Å². The molecule has 11 heteroatoms. The quantitative estimate of drug-likeness (QED) is 0.0903. The van der Waals surface area contributed by atoms with E-state index in [2.05, 4.69) is 4.74 Å². The van der Waals surface area contributed by atoms with Gasteiger partial charge in [0.25, 0.3) is 0 Å². The molecule has 0 aromatic heterocycles. The molecule has 0 aliphatic carbocycles. The van der Waals surface area contributed by atoms with Crippen molar-refractivity contribution < 1.29 is 48.6 Å². The predicted molar refractivity (Wildman–Crippen MR) is 150 cm³/mol. The predicted octanol–water partition coefficient (Wildman–Crippen LogP) is 11.1. The van der Waals surface area contributed by atoms with E-state index in [1.54, 1.807) is 25.1 Å². The van der Waals surface area contributed by atoms with Crippen LogP contribution in [-0.2, 0) is 19.0 Å².